The molecule has 2 rings (SSSR count). The van der Waals surface area contributed by atoms with Gasteiger partial charge in [0.05, 0.1) is 10.5 Å². The van der Waals surface area contributed by atoms with Crippen molar-refractivity contribution in [1.29, 1.82) is 0 Å². The van der Waals surface area contributed by atoms with Crippen LogP contribution in [0.3, 0.4) is 0 Å². The van der Waals surface area contributed by atoms with Crippen LogP contribution in [0.25, 0.3) is 0 Å². The molecule has 8 nitrogen and oxygen atoms in total. The van der Waals surface area contributed by atoms with Gasteiger partial charge in [-0.3, -0.25) is 10.1 Å². The number of rotatable bonds is 5. The highest BCUT2D eigenvalue weighted by atomic mass is 32.2. The molecule has 0 fully saturated rings. The van der Waals surface area contributed by atoms with Crippen LogP contribution in [0.5, 0.6) is 0 Å². The van der Waals surface area contributed by atoms with Gasteiger partial charge >= 0.3 is 11.7 Å². The van der Waals surface area contributed by atoms with E-state index in [-0.39, 0.29) is 16.3 Å². The molecule has 0 aromatic carbocycles. The van der Waals surface area contributed by atoms with E-state index in [1.165, 1.54) is 23.1 Å². The average Bonchev–Trinajstić information content (AvgIpc) is 2.86. The summed E-state index contributed by atoms with van der Waals surface area (Å²) in [4.78, 5) is 24.9. The summed E-state index contributed by atoms with van der Waals surface area (Å²) in [6, 6.07) is 0.980. The maximum atomic E-state index is 11.0. The lowest BCUT2D eigenvalue weighted by Crippen LogP contribution is -2.01. The molecule has 0 saturated carbocycles. The van der Waals surface area contributed by atoms with Crippen molar-refractivity contribution in [2.75, 3.05) is 6.26 Å². The number of carboxylic acid groups (broad SMARTS) is 1. The molecule has 2 aromatic heterocycles. The van der Waals surface area contributed by atoms with Gasteiger partial charge in [-0.2, -0.15) is 0 Å². The maximum absolute atomic E-state index is 11.0. The molecule has 2 aromatic rings. The summed E-state index contributed by atoms with van der Waals surface area (Å²) < 4.78 is 1.24. The fourth-order valence-corrected chi connectivity index (χ4v) is 3.56. The first kappa shape index (κ1) is 14.7. The smallest absolute Gasteiger partial charge is 0.337 e. The summed E-state index contributed by atoms with van der Waals surface area (Å²) >= 11 is 3.69. The van der Waals surface area contributed by atoms with Crippen LogP contribution in [0.1, 0.15) is 10.4 Å². The summed E-state index contributed by atoms with van der Waals surface area (Å²) in [5.41, 5.74) is -0.598. The largest absolute Gasteiger partial charge is 0.478 e. The SMILES string of the molecule is CSc1nnc(Sc2ncc(C(=O)O)cc2[N+](=O)[O-])s1. The van der Waals surface area contributed by atoms with Crippen molar-refractivity contribution in [1.82, 2.24) is 15.2 Å². The van der Waals surface area contributed by atoms with Crippen molar-refractivity contribution in [3.05, 3.63) is 27.9 Å². The second kappa shape index (κ2) is 6.15. The zero-order valence-corrected chi connectivity index (χ0v) is 12.3. The van der Waals surface area contributed by atoms with Crippen molar-refractivity contribution in [3.8, 4) is 0 Å². The Bertz CT molecular complexity index is 675. The van der Waals surface area contributed by atoms with Crippen molar-refractivity contribution >= 4 is 46.5 Å². The van der Waals surface area contributed by atoms with Crippen molar-refractivity contribution < 1.29 is 14.8 Å². The van der Waals surface area contributed by atoms with E-state index in [1.807, 2.05) is 6.26 Å². The Balaban J connectivity index is 2.35. The monoisotopic (exact) mass is 330 g/mol. The molecule has 20 heavy (non-hydrogen) atoms. The van der Waals surface area contributed by atoms with Gasteiger partial charge in [-0.05, 0) is 18.0 Å². The topological polar surface area (TPSA) is 119 Å². The average molecular weight is 330 g/mol. The van der Waals surface area contributed by atoms with Crippen LogP contribution < -0.4 is 0 Å². The molecule has 2 heterocycles. The van der Waals surface area contributed by atoms with E-state index >= 15 is 0 Å². The first-order valence-corrected chi connectivity index (χ1v) is 7.80. The molecule has 0 amide bonds. The van der Waals surface area contributed by atoms with Crippen molar-refractivity contribution in [2.24, 2.45) is 0 Å². The number of aromatic carboxylic acids is 1. The van der Waals surface area contributed by atoms with E-state index in [9.17, 15) is 14.9 Å². The van der Waals surface area contributed by atoms with E-state index in [2.05, 4.69) is 15.2 Å². The summed E-state index contributed by atoms with van der Waals surface area (Å²) in [5.74, 6) is -1.27. The highest BCUT2D eigenvalue weighted by Gasteiger charge is 2.21. The number of pyridine rings is 1. The Morgan fingerprint density at radius 3 is 2.70 bits per heavy atom. The van der Waals surface area contributed by atoms with Gasteiger partial charge in [-0.25, -0.2) is 9.78 Å². The second-order valence-electron chi connectivity index (χ2n) is 3.25. The van der Waals surface area contributed by atoms with Crippen LogP contribution in [-0.2, 0) is 0 Å². The van der Waals surface area contributed by atoms with Gasteiger partial charge in [-0.1, -0.05) is 23.1 Å². The highest BCUT2D eigenvalue weighted by molar-refractivity contribution is 8.03. The molecule has 0 unspecified atom stereocenters. The molecule has 0 atom stereocenters. The van der Waals surface area contributed by atoms with Crippen LogP contribution in [0, 0.1) is 10.1 Å². The lowest BCUT2D eigenvalue weighted by Gasteiger charge is -2.00. The molecule has 0 saturated heterocycles. The Morgan fingerprint density at radius 2 is 2.15 bits per heavy atom. The summed E-state index contributed by atoms with van der Waals surface area (Å²) in [5, 5.41) is 27.6. The number of carbonyl (C=O) groups is 1. The van der Waals surface area contributed by atoms with Gasteiger partial charge in [-0.15, -0.1) is 10.2 Å². The molecule has 1 N–H and O–H groups in total. The Hall–Kier alpha value is -1.72. The van der Waals surface area contributed by atoms with E-state index in [0.29, 0.717) is 4.34 Å². The first-order valence-electron chi connectivity index (χ1n) is 4.94. The number of hydrogen-bond donors (Lipinski definition) is 1. The van der Waals surface area contributed by atoms with Crippen LogP contribution in [0.4, 0.5) is 5.69 Å². The highest BCUT2D eigenvalue weighted by Crippen LogP contribution is 2.36. The third-order valence-corrected chi connectivity index (χ3v) is 4.98. The van der Waals surface area contributed by atoms with Gasteiger partial charge in [0, 0.05) is 12.3 Å². The molecule has 0 aliphatic heterocycles. The molecule has 104 valence electrons. The molecule has 0 aliphatic carbocycles. The molecule has 11 heteroatoms. The predicted molar refractivity (Wildman–Crippen MR) is 73.7 cm³/mol. The lowest BCUT2D eigenvalue weighted by molar-refractivity contribution is -0.388. The minimum absolute atomic E-state index is 0.0869. The lowest BCUT2D eigenvalue weighted by atomic mass is 10.3. The van der Waals surface area contributed by atoms with Crippen LogP contribution in [0.2, 0.25) is 0 Å². The minimum Gasteiger partial charge on any atom is -0.478 e. The van der Waals surface area contributed by atoms with Gasteiger partial charge in [0.25, 0.3) is 0 Å². The molecular weight excluding hydrogens is 324 g/mol. The number of nitrogens with zero attached hydrogens (tertiary/aromatic N) is 4. The Labute approximate surface area is 124 Å². The standard InChI is InChI=1S/C9H6N4O4S3/c1-18-8-11-12-9(20-8)19-6-5(13(16)17)2-4(3-10-6)7(14)15/h2-3H,1H3,(H,14,15). The summed E-state index contributed by atoms with van der Waals surface area (Å²) in [6.45, 7) is 0. The number of thioether (sulfide) groups is 1. The Kier molecular flexibility index (Phi) is 4.52. The predicted octanol–water partition coefficient (Wildman–Crippen LogP) is 2.41. The zero-order chi connectivity index (χ0) is 14.7. The van der Waals surface area contributed by atoms with E-state index in [0.717, 1.165) is 28.4 Å². The van der Waals surface area contributed by atoms with Gasteiger partial charge in [0.15, 0.2) is 13.7 Å². The quantitative estimate of drug-likeness (QED) is 0.500. The van der Waals surface area contributed by atoms with Gasteiger partial charge < -0.3 is 5.11 Å². The van der Waals surface area contributed by atoms with Crippen LogP contribution >= 0.6 is 34.9 Å². The third-order valence-electron chi connectivity index (χ3n) is 2.02. The van der Waals surface area contributed by atoms with E-state index < -0.39 is 10.9 Å². The third kappa shape index (κ3) is 3.23. The number of carboxylic acids is 1. The minimum atomic E-state index is -1.27. The first-order chi connectivity index (χ1) is 9.51. The molecule has 0 bridgehead atoms. The van der Waals surface area contributed by atoms with Crippen LogP contribution in [0.15, 0.2) is 26.0 Å². The van der Waals surface area contributed by atoms with E-state index in [4.69, 9.17) is 5.11 Å². The number of hydrogen-bond acceptors (Lipinski definition) is 9. The van der Waals surface area contributed by atoms with Crippen molar-refractivity contribution in [2.45, 2.75) is 13.7 Å². The van der Waals surface area contributed by atoms with E-state index in [1.54, 1.807) is 0 Å². The molecule has 0 aliphatic rings. The normalized spacial score (nSPS) is 10.4. The van der Waals surface area contributed by atoms with Crippen molar-refractivity contribution in [3.63, 3.8) is 0 Å². The maximum Gasteiger partial charge on any atom is 0.337 e. The number of nitro groups is 1. The summed E-state index contributed by atoms with van der Waals surface area (Å²) in [6.07, 6.45) is 2.92. The van der Waals surface area contributed by atoms with Gasteiger partial charge in [0.2, 0.25) is 0 Å². The fourth-order valence-electron chi connectivity index (χ4n) is 1.17. The van der Waals surface area contributed by atoms with Crippen LogP contribution in [-0.4, -0.2) is 37.4 Å². The fraction of sp³-hybridized carbons (Fsp3) is 0.111. The Morgan fingerprint density at radius 1 is 1.45 bits per heavy atom. The molecule has 0 radical (unpaired) electrons. The number of aromatic nitrogens is 3. The molecule has 0 spiro atoms. The zero-order valence-electron chi connectivity index (χ0n) is 9.84. The van der Waals surface area contributed by atoms with Gasteiger partial charge in [0.1, 0.15) is 0 Å². The second-order valence-corrected chi connectivity index (χ2v) is 6.52. The molecular formula is C9H6N4O4S3. The summed E-state index contributed by atoms with van der Waals surface area (Å²) in [7, 11) is 0.